The average molecular weight is 467 g/mol. The van der Waals surface area contributed by atoms with E-state index in [9.17, 15) is 14.4 Å². The SMILES string of the molecule is CCOC(=O)C1CCN(C(=O)CCN(CCc2ccccc2)C(=O)COc2ccccc2)CC1. The minimum absolute atomic E-state index is 0.00352. The summed E-state index contributed by atoms with van der Waals surface area (Å²) in [6, 6.07) is 19.2. The third-order valence-electron chi connectivity index (χ3n) is 6.03. The Morgan fingerprint density at radius 3 is 2.24 bits per heavy atom. The van der Waals surface area contributed by atoms with Gasteiger partial charge in [-0.2, -0.15) is 0 Å². The highest BCUT2D eigenvalue weighted by Crippen LogP contribution is 2.19. The number of benzene rings is 2. The van der Waals surface area contributed by atoms with Gasteiger partial charge in [0.1, 0.15) is 5.75 Å². The lowest BCUT2D eigenvalue weighted by molar-refractivity contribution is -0.151. The zero-order valence-electron chi connectivity index (χ0n) is 19.9. The van der Waals surface area contributed by atoms with E-state index in [2.05, 4.69) is 0 Å². The predicted molar refractivity (Wildman–Crippen MR) is 129 cm³/mol. The number of carbonyl (C=O) groups is 3. The van der Waals surface area contributed by atoms with Gasteiger partial charge in [0, 0.05) is 32.6 Å². The number of esters is 1. The number of ether oxygens (including phenoxy) is 2. The molecule has 0 radical (unpaired) electrons. The highest BCUT2D eigenvalue weighted by atomic mass is 16.5. The van der Waals surface area contributed by atoms with Crippen molar-refractivity contribution >= 4 is 17.8 Å². The molecule has 34 heavy (non-hydrogen) atoms. The van der Waals surface area contributed by atoms with Gasteiger partial charge in [-0.25, -0.2) is 0 Å². The standard InChI is InChI=1S/C27H34N2O5/c1-2-33-27(32)23-14-18-28(19-15-23)25(30)16-20-29(17-13-22-9-5-3-6-10-22)26(31)21-34-24-11-7-4-8-12-24/h3-12,23H,2,13-21H2,1H3. The molecular weight excluding hydrogens is 432 g/mol. The van der Waals surface area contributed by atoms with Crippen molar-refractivity contribution in [2.45, 2.75) is 32.6 Å². The molecule has 0 aromatic heterocycles. The number of hydrogen-bond acceptors (Lipinski definition) is 5. The van der Waals surface area contributed by atoms with Gasteiger partial charge in [0.15, 0.2) is 6.61 Å². The van der Waals surface area contributed by atoms with Gasteiger partial charge >= 0.3 is 5.97 Å². The van der Waals surface area contributed by atoms with Gasteiger partial charge in [0.25, 0.3) is 5.91 Å². The average Bonchev–Trinajstić information content (AvgIpc) is 2.88. The van der Waals surface area contributed by atoms with Gasteiger partial charge in [-0.15, -0.1) is 0 Å². The first-order valence-electron chi connectivity index (χ1n) is 12.0. The van der Waals surface area contributed by atoms with Gasteiger partial charge < -0.3 is 19.3 Å². The Balaban J connectivity index is 1.52. The molecule has 1 fully saturated rings. The molecular formula is C27H34N2O5. The van der Waals surface area contributed by atoms with E-state index < -0.39 is 0 Å². The first-order chi connectivity index (χ1) is 16.6. The number of amides is 2. The zero-order valence-corrected chi connectivity index (χ0v) is 19.9. The molecule has 7 heteroatoms. The maximum absolute atomic E-state index is 12.9. The number of likely N-dealkylation sites (tertiary alicyclic amines) is 1. The summed E-state index contributed by atoms with van der Waals surface area (Å²) in [6.07, 6.45) is 2.19. The topological polar surface area (TPSA) is 76.2 Å². The number of piperidine rings is 1. The van der Waals surface area contributed by atoms with Gasteiger partial charge in [0.2, 0.25) is 5.91 Å². The molecule has 0 bridgehead atoms. The largest absolute Gasteiger partial charge is 0.484 e. The summed E-state index contributed by atoms with van der Waals surface area (Å²) in [5.41, 5.74) is 1.14. The molecule has 182 valence electrons. The second-order valence-electron chi connectivity index (χ2n) is 8.38. The predicted octanol–water partition coefficient (Wildman–Crippen LogP) is 3.33. The van der Waals surface area contributed by atoms with Gasteiger partial charge in [0.05, 0.1) is 12.5 Å². The van der Waals surface area contributed by atoms with Crippen molar-refractivity contribution < 1.29 is 23.9 Å². The van der Waals surface area contributed by atoms with Crippen LogP contribution in [-0.2, 0) is 25.5 Å². The zero-order chi connectivity index (χ0) is 24.2. The van der Waals surface area contributed by atoms with E-state index in [-0.39, 0.29) is 36.7 Å². The number of nitrogens with zero attached hydrogens (tertiary/aromatic N) is 2. The highest BCUT2D eigenvalue weighted by Gasteiger charge is 2.28. The first-order valence-corrected chi connectivity index (χ1v) is 12.0. The van der Waals surface area contributed by atoms with E-state index in [0.717, 1.165) is 5.56 Å². The molecule has 0 atom stereocenters. The van der Waals surface area contributed by atoms with E-state index in [1.54, 1.807) is 16.7 Å². The molecule has 0 saturated carbocycles. The van der Waals surface area contributed by atoms with E-state index >= 15 is 0 Å². The van der Waals surface area contributed by atoms with Crippen molar-refractivity contribution in [3.05, 3.63) is 66.2 Å². The molecule has 1 aliphatic heterocycles. The van der Waals surface area contributed by atoms with Crippen LogP contribution in [0.3, 0.4) is 0 Å². The van der Waals surface area contributed by atoms with Gasteiger partial charge in [-0.05, 0) is 43.9 Å². The Kier molecular flexibility index (Phi) is 9.95. The lowest BCUT2D eigenvalue weighted by atomic mass is 9.97. The van der Waals surface area contributed by atoms with Gasteiger partial charge in [-0.3, -0.25) is 14.4 Å². The van der Waals surface area contributed by atoms with Crippen LogP contribution in [-0.4, -0.2) is 67.0 Å². The fourth-order valence-corrected chi connectivity index (χ4v) is 4.04. The Morgan fingerprint density at radius 2 is 1.59 bits per heavy atom. The number of carbonyl (C=O) groups excluding carboxylic acids is 3. The first kappa shape index (κ1) is 25.3. The molecule has 0 aliphatic carbocycles. The van der Waals surface area contributed by atoms with E-state index in [1.165, 1.54) is 0 Å². The van der Waals surface area contributed by atoms with Crippen LogP contribution < -0.4 is 4.74 Å². The van der Waals surface area contributed by atoms with Crippen LogP contribution in [0.4, 0.5) is 0 Å². The number of para-hydroxylation sites is 1. The third kappa shape index (κ3) is 7.90. The molecule has 1 aliphatic rings. The fourth-order valence-electron chi connectivity index (χ4n) is 4.04. The van der Waals surface area contributed by atoms with Crippen LogP contribution in [0.1, 0.15) is 31.7 Å². The Bertz CT molecular complexity index is 911. The van der Waals surface area contributed by atoms with Crippen molar-refractivity contribution in [2.75, 3.05) is 39.4 Å². The monoisotopic (exact) mass is 466 g/mol. The quantitative estimate of drug-likeness (QED) is 0.475. The minimum Gasteiger partial charge on any atom is -0.484 e. The lowest BCUT2D eigenvalue weighted by Gasteiger charge is -2.31. The van der Waals surface area contributed by atoms with Crippen molar-refractivity contribution in [1.82, 2.24) is 9.80 Å². The van der Waals surface area contributed by atoms with Crippen LogP contribution in [0, 0.1) is 5.92 Å². The summed E-state index contributed by atoms with van der Waals surface area (Å²) in [5, 5.41) is 0. The summed E-state index contributed by atoms with van der Waals surface area (Å²) in [6.45, 7) is 4.03. The fraction of sp³-hybridized carbons (Fsp3) is 0.444. The van der Waals surface area contributed by atoms with Crippen molar-refractivity contribution in [3.8, 4) is 5.75 Å². The van der Waals surface area contributed by atoms with E-state index in [4.69, 9.17) is 9.47 Å². The molecule has 1 heterocycles. The second kappa shape index (κ2) is 13.4. The van der Waals surface area contributed by atoms with Crippen molar-refractivity contribution in [3.63, 3.8) is 0 Å². The van der Waals surface area contributed by atoms with Crippen LogP contribution >= 0.6 is 0 Å². The van der Waals surface area contributed by atoms with Crippen LogP contribution in [0.5, 0.6) is 5.75 Å². The molecule has 0 N–H and O–H groups in total. The maximum Gasteiger partial charge on any atom is 0.309 e. The van der Waals surface area contributed by atoms with Crippen LogP contribution in [0.25, 0.3) is 0 Å². The van der Waals surface area contributed by atoms with E-state index in [1.807, 2.05) is 60.7 Å². The van der Waals surface area contributed by atoms with E-state index in [0.29, 0.717) is 57.8 Å². The molecule has 0 unspecified atom stereocenters. The highest BCUT2D eigenvalue weighted by molar-refractivity contribution is 5.80. The molecule has 2 amide bonds. The smallest absolute Gasteiger partial charge is 0.309 e. The normalized spacial score (nSPS) is 13.9. The molecule has 0 spiro atoms. The third-order valence-corrected chi connectivity index (χ3v) is 6.03. The Labute approximate surface area is 201 Å². The molecule has 1 saturated heterocycles. The van der Waals surface area contributed by atoms with Crippen LogP contribution in [0.15, 0.2) is 60.7 Å². The summed E-state index contributed by atoms with van der Waals surface area (Å²) >= 11 is 0. The second-order valence-corrected chi connectivity index (χ2v) is 8.38. The summed E-state index contributed by atoms with van der Waals surface area (Å²) in [5.74, 6) is 0.186. The van der Waals surface area contributed by atoms with Crippen LogP contribution in [0.2, 0.25) is 0 Å². The summed E-state index contributed by atoms with van der Waals surface area (Å²) in [4.78, 5) is 41.2. The summed E-state index contributed by atoms with van der Waals surface area (Å²) < 4.78 is 10.7. The minimum atomic E-state index is -0.175. The molecule has 3 rings (SSSR count). The molecule has 2 aromatic carbocycles. The lowest BCUT2D eigenvalue weighted by Crippen LogP contribution is -2.43. The Hall–Kier alpha value is -3.35. The maximum atomic E-state index is 12.9. The van der Waals surface area contributed by atoms with Crippen molar-refractivity contribution in [1.29, 1.82) is 0 Å². The van der Waals surface area contributed by atoms with Crippen molar-refractivity contribution in [2.24, 2.45) is 5.92 Å². The summed E-state index contributed by atoms with van der Waals surface area (Å²) in [7, 11) is 0. The van der Waals surface area contributed by atoms with Gasteiger partial charge in [-0.1, -0.05) is 48.5 Å². The molecule has 2 aromatic rings. The number of hydrogen-bond donors (Lipinski definition) is 0. The Morgan fingerprint density at radius 1 is 0.941 bits per heavy atom. The number of rotatable bonds is 11. The molecule has 7 nitrogen and oxygen atoms in total.